The summed E-state index contributed by atoms with van der Waals surface area (Å²) in [7, 11) is -4.19. The molecular formula is C15H11ClFN3O7S. The topological polar surface area (TPSA) is 159 Å². The number of ether oxygens (including phenoxy) is 1. The van der Waals surface area contributed by atoms with Crippen LogP contribution >= 0.6 is 11.6 Å². The van der Waals surface area contributed by atoms with Crippen molar-refractivity contribution in [2.45, 2.75) is 4.90 Å². The standard InChI is InChI=1S/C15H11ClFN3O7S/c16-8-1-4-12(13(5-8)20(23)24)19-14(21)7-27-15(22)10-6-9(28(18,25)26)2-3-11(10)17/h1-6H,7H2,(H,19,21)(H2,18,25,26). The Hall–Kier alpha value is -3.09. The molecule has 2 aromatic carbocycles. The number of hydrogen-bond donors (Lipinski definition) is 2. The van der Waals surface area contributed by atoms with Gasteiger partial charge in [-0.15, -0.1) is 0 Å². The van der Waals surface area contributed by atoms with Crippen LogP contribution in [-0.2, 0) is 19.6 Å². The number of amides is 1. The summed E-state index contributed by atoms with van der Waals surface area (Å²) in [6.45, 7) is -0.919. The van der Waals surface area contributed by atoms with Gasteiger partial charge in [-0.2, -0.15) is 0 Å². The minimum atomic E-state index is -4.19. The van der Waals surface area contributed by atoms with E-state index in [4.69, 9.17) is 16.7 Å². The van der Waals surface area contributed by atoms with Crippen LogP contribution in [0.2, 0.25) is 5.02 Å². The maximum Gasteiger partial charge on any atom is 0.341 e. The van der Waals surface area contributed by atoms with Gasteiger partial charge in [-0.25, -0.2) is 22.7 Å². The first-order chi connectivity index (χ1) is 13.0. The molecule has 0 radical (unpaired) electrons. The van der Waals surface area contributed by atoms with Crippen LogP contribution in [0.5, 0.6) is 0 Å². The molecule has 2 rings (SSSR count). The molecule has 0 aromatic heterocycles. The van der Waals surface area contributed by atoms with Crippen LogP contribution in [-0.4, -0.2) is 31.8 Å². The van der Waals surface area contributed by atoms with Crippen molar-refractivity contribution < 1.29 is 32.1 Å². The molecule has 0 aliphatic heterocycles. The van der Waals surface area contributed by atoms with E-state index < -0.39 is 55.4 Å². The second kappa shape index (κ2) is 8.29. The van der Waals surface area contributed by atoms with Crippen LogP contribution in [0.1, 0.15) is 10.4 Å². The van der Waals surface area contributed by atoms with Crippen LogP contribution in [0.4, 0.5) is 15.8 Å². The lowest BCUT2D eigenvalue weighted by molar-refractivity contribution is -0.383. The third kappa shape index (κ3) is 5.22. The minimum absolute atomic E-state index is 0.0707. The number of nitro groups is 1. The highest BCUT2D eigenvalue weighted by molar-refractivity contribution is 7.89. The lowest BCUT2D eigenvalue weighted by Crippen LogP contribution is -2.22. The molecule has 0 fully saturated rings. The van der Waals surface area contributed by atoms with Gasteiger partial charge in [-0.05, 0) is 30.3 Å². The summed E-state index contributed by atoms with van der Waals surface area (Å²) in [4.78, 5) is 33.4. The predicted octanol–water partition coefficient (Wildman–Crippen LogP) is 1.83. The molecule has 2 aromatic rings. The number of nitrogens with two attached hydrogens (primary N) is 1. The number of carbonyl (C=O) groups excluding carboxylic acids is 2. The van der Waals surface area contributed by atoms with E-state index in [1.165, 1.54) is 12.1 Å². The summed E-state index contributed by atoms with van der Waals surface area (Å²) in [6.07, 6.45) is 0. The number of hydrogen-bond acceptors (Lipinski definition) is 7. The Labute approximate surface area is 162 Å². The number of nitrogens with one attached hydrogen (secondary N) is 1. The van der Waals surface area contributed by atoms with Crippen LogP contribution < -0.4 is 10.5 Å². The molecule has 28 heavy (non-hydrogen) atoms. The monoisotopic (exact) mass is 431 g/mol. The Bertz CT molecular complexity index is 1080. The van der Waals surface area contributed by atoms with E-state index in [1.807, 2.05) is 0 Å². The first-order valence-electron chi connectivity index (χ1n) is 7.22. The average Bonchev–Trinajstić information content (AvgIpc) is 2.60. The molecule has 0 aliphatic carbocycles. The molecular weight excluding hydrogens is 421 g/mol. The Morgan fingerprint density at radius 3 is 2.54 bits per heavy atom. The van der Waals surface area contributed by atoms with Gasteiger partial charge in [-0.1, -0.05) is 11.6 Å². The van der Waals surface area contributed by atoms with E-state index in [0.29, 0.717) is 12.1 Å². The Morgan fingerprint density at radius 1 is 1.25 bits per heavy atom. The van der Waals surface area contributed by atoms with Gasteiger partial charge in [0.1, 0.15) is 11.5 Å². The molecule has 148 valence electrons. The zero-order valence-corrected chi connectivity index (χ0v) is 15.3. The minimum Gasteiger partial charge on any atom is -0.452 e. The van der Waals surface area contributed by atoms with Gasteiger partial charge < -0.3 is 10.1 Å². The molecule has 0 bridgehead atoms. The molecule has 0 saturated carbocycles. The van der Waals surface area contributed by atoms with Crippen LogP contribution in [0.15, 0.2) is 41.3 Å². The van der Waals surface area contributed by atoms with Crippen molar-refractivity contribution in [2.75, 3.05) is 11.9 Å². The number of nitro benzene ring substituents is 1. The van der Waals surface area contributed by atoms with E-state index in [0.717, 1.165) is 12.1 Å². The Balaban J connectivity index is 2.10. The van der Waals surface area contributed by atoms with Gasteiger partial charge in [0.05, 0.1) is 15.4 Å². The molecule has 0 spiro atoms. The van der Waals surface area contributed by atoms with Gasteiger partial charge in [0.25, 0.3) is 11.6 Å². The fourth-order valence-corrected chi connectivity index (χ4v) is 2.70. The number of esters is 1. The average molecular weight is 432 g/mol. The number of nitrogens with zero attached hydrogens (tertiary/aromatic N) is 1. The molecule has 0 aliphatic rings. The molecule has 1 amide bonds. The summed E-state index contributed by atoms with van der Waals surface area (Å²) in [6, 6.07) is 5.70. The molecule has 3 N–H and O–H groups in total. The molecule has 0 heterocycles. The van der Waals surface area contributed by atoms with Crippen molar-refractivity contribution in [1.82, 2.24) is 0 Å². The molecule has 0 unspecified atom stereocenters. The molecule has 10 nitrogen and oxygen atoms in total. The summed E-state index contributed by atoms with van der Waals surface area (Å²) in [5, 5.41) is 18.1. The highest BCUT2D eigenvalue weighted by Crippen LogP contribution is 2.27. The second-order valence-corrected chi connectivity index (χ2v) is 7.23. The highest BCUT2D eigenvalue weighted by atomic mass is 35.5. The van der Waals surface area contributed by atoms with E-state index in [2.05, 4.69) is 10.1 Å². The lowest BCUT2D eigenvalue weighted by atomic mass is 10.2. The number of halogens is 2. The van der Waals surface area contributed by atoms with E-state index in [1.54, 1.807) is 0 Å². The number of rotatable bonds is 6. The van der Waals surface area contributed by atoms with E-state index >= 15 is 0 Å². The normalized spacial score (nSPS) is 11.0. The van der Waals surface area contributed by atoms with Gasteiger partial charge in [0.2, 0.25) is 10.0 Å². The SMILES string of the molecule is NS(=O)(=O)c1ccc(F)c(C(=O)OCC(=O)Nc2ccc(Cl)cc2[N+](=O)[O-])c1. The smallest absolute Gasteiger partial charge is 0.341 e. The number of sulfonamides is 1. The summed E-state index contributed by atoms with van der Waals surface area (Å²) in [5.74, 6) is -3.38. The maximum absolute atomic E-state index is 13.7. The summed E-state index contributed by atoms with van der Waals surface area (Å²) < 4.78 is 40.9. The quantitative estimate of drug-likeness (QED) is 0.401. The van der Waals surface area contributed by atoms with Gasteiger partial charge in [0.15, 0.2) is 6.61 Å². The number of carbonyl (C=O) groups is 2. The number of anilines is 1. The molecule has 0 atom stereocenters. The number of benzene rings is 2. The van der Waals surface area contributed by atoms with Gasteiger partial charge in [-0.3, -0.25) is 14.9 Å². The van der Waals surface area contributed by atoms with Crippen molar-refractivity contribution in [1.29, 1.82) is 0 Å². The lowest BCUT2D eigenvalue weighted by Gasteiger charge is -2.08. The molecule has 13 heteroatoms. The van der Waals surface area contributed by atoms with Crippen LogP contribution in [0.25, 0.3) is 0 Å². The third-order valence-corrected chi connectivity index (χ3v) is 4.40. The first kappa shape index (κ1) is 21.2. The van der Waals surface area contributed by atoms with Crippen LogP contribution in [0, 0.1) is 15.9 Å². The molecule has 0 saturated heterocycles. The fraction of sp³-hybridized carbons (Fsp3) is 0.0667. The third-order valence-electron chi connectivity index (χ3n) is 3.25. The largest absolute Gasteiger partial charge is 0.452 e. The summed E-state index contributed by atoms with van der Waals surface area (Å²) in [5.41, 5.74) is -1.44. The zero-order valence-electron chi connectivity index (χ0n) is 13.7. The summed E-state index contributed by atoms with van der Waals surface area (Å²) >= 11 is 5.65. The highest BCUT2D eigenvalue weighted by Gasteiger charge is 2.20. The fourth-order valence-electron chi connectivity index (χ4n) is 1.99. The van der Waals surface area contributed by atoms with Gasteiger partial charge >= 0.3 is 5.97 Å². The van der Waals surface area contributed by atoms with E-state index in [9.17, 15) is 32.5 Å². The first-order valence-corrected chi connectivity index (χ1v) is 9.14. The number of primary sulfonamides is 1. The Kier molecular flexibility index (Phi) is 6.28. The second-order valence-electron chi connectivity index (χ2n) is 5.23. The van der Waals surface area contributed by atoms with Crippen molar-refractivity contribution in [2.24, 2.45) is 5.14 Å². The zero-order chi connectivity index (χ0) is 21.1. The maximum atomic E-state index is 13.7. The van der Waals surface area contributed by atoms with Crippen molar-refractivity contribution in [3.63, 3.8) is 0 Å². The Morgan fingerprint density at radius 2 is 1.93 bits per heavy atom. The van der Waals surface area contributed by atoms with Crippen molar-refractivity contribution >= 4 is 44.9 Å². The van der Waals surface area contributed by atoms with E-state index in [-0.39, 0.29) is 10.7 Å². The van der Waals surface area contributed by atoms with Crippen molar-refractivity contribution in [3.05, 3.63) is 62.9 Å². The van der Waals surface area contributed by atoms with Crippen molar-refractivity contribution in [3.8, 4) is 0 Å². The predicted molar refractivity (Wildman–Crippen MR) is 94.8 cm³/mol. The van der Waals surface area contributed by atoms with Gasteiger partial charge in [0, 0.05) is 11.1 Å². The van der Waals surface area contributed by atoms with Crippen LogP contribution in [0.3, 0.4) is 0 Å².